The summed E-state index contributed by atoms with van der Waals surface area (Å²) < 4.78 is 80.8. The summed E-state index contributed by atoms with van der Waals surface area (Å²) in [7, 11) is -4.45. The zero-order valence-corrected chi connectivity index (χ0v) is 17.7. The average molecular weight is 484 g/mol. The SMILES string of the molecule is Cc1cc(NC(=O)CCS(=O)(=O)c2nc(-c3ccc4c(c3)OCO4)cc(C(F)(F)F)n2)no1. The molecule has 0 fully saturated rings. The van der Waals surface area contributed by atoms with Gasteiger partial charge in [0.1, 0.15) is 11.5 Å². The summed E-state index contributed by atoms with van der Waals surface area (Å²) >= 11 is 0. The lowest BCUT2D eigenvalue weighted by Gasteiger charge is -2.11. The molecule has 14 heteroatoms. The number of halogens is 3. The van der Waals surface area contributed by atoms with Crippen LogP contribution in [0.3, 0.4) is 0 Å². The molecule has 0 spiro atoms. The minimum Gasteiger partial charge on any atom is -0.454 e. The summed E-state index contributed by atoms with van der Waals surface area (Å²) in [5.41, 5.74) is -1.55. The second-order valence-corrected chi connectivity index (χ2v) is 8.93. The second-order valence-electron chi connectivity index (χ2n) is 6.93. The Morgan fingerprint density at radius 2 is 1.88 bits per heavy atom. The first-order valence-electron chi connectivity index (χ1n) is 9.33. The van der Waals surface area contributed by atoms with Crippen molar-refractivity contribution in [3.8, 4) is 22.8 Å². The standard InChI is InChI=1S/C19H15F3N4O6S/c1-10-6-16(26-32-10)25-17(27)4-5-33(28,29)18-23-12(8-15(24-18)19(20,21)22)11-2-3-13-14(7-11)31-9-30-13/h2-3,6-8H,4-5,9H2,1H3,(H,25,26,27). The third kappa shape index (κ3) is 5.05. The molecule has 174 valence electrons. The van der Waals surface area contributed by atoms with Gasteiger partial charge in [0.15, 0.2) is 17.3 Å². The lowest BCUT2D eigenvalue weighted by Crippen LogP contribution is -2.20. The molecular weight excluding hydrogens is 469 g/mol. The Morgan fingerprint density at radius 1 is 1.12 bits per heavy atom. The molecule has 1 N–H and O–H groups in total. The van der Waals surface area contributed by atoms with Gasteiger partial charge in [-0.3, -0.25) is 4.79 Å². The molecular formula is C19H15F3N4O6S. The van der Waals surface area contributed by atoms with Gasteiger partial charge in [0.05, 0.1) is 11.4 Å². The number of fused-ring (bicyclic) bond motifs is 1. The Balaban J connectivity index is 1.61. The van der Waals surface area contributed by atoms with Crippen molar-refractivity contribution in [3.63, 3.8) is 0 Å². The van der Waals surface area contributed by atoms with Crippen LogP contribution in [0.5, 0.6) is 11.5 Å². The lowest BCUT2D eigenvalue weighted by atomic mass is 10.1. The molecule has 0 aliphatic carbocycles. The number of hydrogen-bond acceptors (Lipinski definition) is 9. The number of carbonyl (C=O) groups excluding carboxylic acids is 1. The molecule has 0 unspecified atom stereocenters. The topological polar surface area (TPSA) is 134 Å². The summed E-state index contributed by atoms with van der Waals surface area (Å²) in [6, 6.07) is 6.32. The number of ether oxygens (including phenoxy) is 2. The van der Waals surface area contributed by atoms with E-state index in [-0.39, 0.29) is 29.6 Å². The van der Waals surface area contributed by atoms with Crippen LogP contribution in [-0.2, 0) is 20.8 Å². The highest BCUT2D eigenvalue weighted by molar-refractivity contribution is 7.91. The van der Waals surface area contributed by atoms with Crippen molar-refractivity contribution >= 4 is 21.6 Å². The summed E-state index contributed by atoms with van der Waals surface area (Å²) in [4.78, 5) is 19.0. The van der Waals surface area contributed by atoms with E-state index in [2.05, 4.69) is 20.4 Å². The maximum atomic E-state index is 13.4. The molecule has 0 atom stereocenters. The number of rotatable bonds is 6. The molecule has 1 aromatic carbocycles. The predicted molar refractivity (Wildman–Crippen MR) is 105 cm³/mol. The van der Waals surface area contributed by atoms with Crippen molar-refractivity contribution in [1.29, 1.82) is 0 Å². The minimum absolute atomic E-state index is 0.0496. The van der Waals surface area contributed by atoms with Gasteiger partial charge in [0, 0.05) is 18.1 Å². The van der Waals surface area contributed by atoms with E-state index in [4.69, 9.17) is 14.0 Å². The average Bonchev–Trinajstić information content (AvgIpc) is 3.39. The summed E-state index contributed by atoms with van der Waals surface area (Å²) in [5.74, 6) is -0.372. The van der Waals surface area contributed by atoms with Crippen LogP contribution < -0.4 is 14.8 Å². The Labute approximate surface area is 184 Å². The highest BCUT2D eigenvalue weighted by Gasteiger charge is 2.35. The number of nitrogens with zero attached hydrogens (tertiary/aromatic N) is 3. The molecule has 0 bridgehead atoms. The first-order valence-corrected chi connectivity index (χ1v) is 11.0. The van der Waals surface area contributed by atoms with Gasteiger partial charge >= 0.3 is 6.18 Å². The third-order valence-corrected chi connectivity index (χ3v) is 5.92. The highest BCUT2D eigenvalue weighted by atomic mass is 32.2. The zero-order chi connectivity index (χ0) is 23.8. The molecule has 3 heterocycles. The van der Waals surface area contributed by atoms with Gasteiger partial charge in [-0.05, 0) is 31.2 Å². The largest absolute Gasteiger partial charge is 0.454 e. The molecule has 1 aliphatic rings. The van der Waals surface area contributed by atoms with E-state index >= 15 is 0 Å². The van der Waals surface area contributed by atoms with Gasteiger partial charge in [0.25, 0.3) is 0 Å². The van der Waals surface area contributed by atoms with Gasteiger partial charge in [-0.25, -0.2) is 18.4 Å². The first kappa shape index (κ1) is 22.5. The van der Waals surface area contributed by atoms with E-state index < -0.39 is 44.9 Å². The number of nitrogens with one attached hydrogen (secondary N) is 1. The van der Waals surface area contributed by atoms with Crippen LogP contribution in [0.1, 0.15) is 17.9 Å². The first-order chi connectivity index (χ1) is 15.5. The Hall–Kier alpha value is -3.68. The number of benzene rings is 1. The van der Waals surface area contributed by atoms with Crippen molar-refractivity contribution in [2.24, 2.45) is 0 Å². The van der Waals surface area contributed by atoms with Crippen molar-refractivity contribution < 1.29 is 40.4 Å². The van der Waals surface area contributed by atoms with Gasteiger partial charge in [-0.15, -0.1) is 0 Å². The van der Waals surface area contributed by atoms with Crippen LogP contribution in [0, 0.1) is 6.92 Å². The number of carbonyl (C=O) groups is 1. The number of sulfone groups is 1. The number of amides is 1. The maximum Gasteiger partial charge on any atom is 0.433 e. The van der Waals surface area contributed by atoms with Gasteiger partial charge in [0.2, 0.25) is 27.7 Å². The molecule has 1 aliphatic heterocycles. The zero-order valence-electron chi connectivity index (χ0n) is 16.8. The van der Waals surface area contributed by atoms with E-state index in [1.54, 1.807) is 6.92 Å². The van der Waals surface area contributed by atoms with Crippen LogP contribution in [0.15, 0.2) is 40.0 Å². The van der Waals surface area contributed by atoms with Crippen molar-refractivity contribution in [3.05, 3.63) is 41.8 Å². The molecule has 0 radical (unpaired) electrons. The Bertz CT molecular complexity index is 1320. The molecule has 4 rings (SSSR count). The van der Waals surface area contributed by atoms with Crippen LogP contribution >= 0.6 is 0 Å². The molecule has 33 heavy (non-hydrogen) atoms. The van der Waals surface area contributed by atoms with Crippen LogP contribution in [0.25, 0.3) is 11.3 Å². The van der Waals surface area contributed by atoms with E-state index in [0.717, 1.165) is 0 Å². The quantitative estimate of drug-likeness (QED) is 0.524. The predicted octanol–water partition coefficient (Wildman–Crippen LogP) is 2.99. The monoisotopic (exact) mass is 484 g/mol. The number of aryl methyl sites for hydroxylation is 1. The molecule has 1 amide bonds. The molecule has 3 aromatic rings. The fourth-order valence-corrected chi connectivity index (χ4v) is 3.97. The third-order valence-electron chi connectivity index (χ3n) is 4.44. The van der Waals surface area contributed by atoms with Crippen molar-refractivity contribution in [2.75, 3.05) is 17.9 Å². The summed E-state index contributed by atoms with van der Waals surface area (Å²) in [6.45, 7) is 1.54. The Morgan fingerprint density at radius 3 is 2.58 bits per heavy atom. The maximum absolute atomic E-state index is 13.4. The number of anilines is 1. The second kappa shape index (κ2) is 8.35. The van der Waals surface area contributed by atoms with E-state index in [1.807, 2.05) is 0 Å². The van der Waals surface area contributed by atoms with Gasteiger partial charge in [-0.2, -0.15) is 13.2 Å². The number of aromatic nitrogens is 3. The normalized spacial score (nSPS) is 13.2. The number of alkyl halides is 3. The van der Waals surface area contributed by atoms with Crippen molar-refractivity contribution in [2.45, 2.75) is 24.7 Å². The molecule has 0 saturated carbocycles. The van der Waals surface area contributed by atoms with Crippen LogP contribution in [0.4, 0.5) is 19.0 Å². The lowest BCUT2D eigenvalue weighted by molar-refractivity contribution is -0.141. The summed E-state index contributed by atoms with van der Waals surface area (Å²) in [6.07, 6.45) is -5.49. The summed E-state index contributed by atoms with van der Waals surface area (Å²) in [5, 5.41) is 4.82. The Kier molecular flexibility index (Phi) is 5.69. The highest BCUT2D eigenvalue weighted by Crippen LogP contribution is 2.37. The molecule has 2 aromatic heterocycles. The minimum atomic E-state index is -4.93. The fraction of sp³-hybridized carbons (Fsp3) is 0.263. The number of hydrogen-bond donors (Lipinski definition) is 1. The van der Waals surface area contributed by atoms with E-state index in [1.165, 1.54) is 24.3 Å². The van der Waals surface area contributed by atoms with Crippen molar-refractivity contribution in [1.82, 2.24) is 15.1 Å². The smallest absolute Gasteiger partial charge is 0.433 e. The molecule has 10 nitrogen and oxygen atoms in total. The molecule has 0 saturated heterocycles. The van der Waals surface area contributed by atoms with E-state index in [0.29, 0.717) is 17.6 Å². The van der Waals surface area contributed by atoms with Crippen LogP contribution in [-0.4, -0.2) is 42.0 Å². The van der Waals surface area contributed by atoms with Crippen LogP contribution in [0.2, 0.25) is 0 Å². The fourth-order valence-electron chi connectivity index (χ4n) is 2.86. The van der Waals surface area contributed by atoms with Gasteiger partial charge < -0.3 is 19.3 Å². The van der Waals surface area contributed by atoms with E-state index in [9.17, 15) is 26.4 Å². The van der Waals surface area contributed by atoms with Gasteiger partial charge in [-0.1, -0.05) is 5.16 Å².